The molecule has 1 aromatic carbocycles. The van der Waals surface area contributed by atoms with Gasteiger partial charge in [0.1, 0.15) is 0 Å². The predicted octanol–water partition coefficient (Wildman–Crippen LogP) is 1.57. The first-order chi connectivity index (χ1) is 8.14. The Hall–Kier alpha value is -1.42. The van der Waals surface area contributed by atoms with E-state index in [1.807, 2.05) is 12.1 Å². The predicted molar refractivity (Wildman–Crippen MR) is 66.3 cm³/mol. The summed E-state index contributed by atoms with van der Waals surface area (Å²) < 4.78 is 16.0. The molecular weight excluding hydrogens is 218 g/mol. The Labute approximate surface area is 102 Å². The minimum absolute atomic E-state index is 0.160. The molecule has 1 N–H and O–H groups in total. The molecular formula is C13H19NO3. The Morgan fingerprint density at radius 2 is 1.53 bits per heavy atom. The van der Waals surface area contributed by atoms with Crippen LogP contribution in [0.4, 0.5) is 0 Å². The van der Waals surface area contributed by atoms with Crippen molar-refractivity contribution in [2.45, 2.75) is 12.3 Å². The summed E-state index contributed by atoms with van der Waals surface area (Å²) in [6, 6.07) is 4.06. The second kappa shape index (κ2) is 4.45. The number of rotatable bonds is 4. The van der Waals surface area contributed by atoms with E-state index in [4.69, 9.17) is 14.2 Å². The largest absolute Gasteiger partial charge is 0.493 e. The van der Waals surface area contributed by atoms with Crippen LogP contribution >= 0.6 is 0 Å². The summed E-state index contributed by atoms with van der Waals surface area (Å²) in [4.78, 5) is 0. The van der Waals surface area contributed by atoms with Gasteiger partial charge in [0.15, 0.2) is 11.5 Å². The highest BCUT2D eigenvalue weighted by atomic mass is 16.5. The minimum Gasteiger partial charge on any atom is -0.493 e. The van der Waals surface area contributed by atoms with Crippen molar-refractivity contribution in [3.63, 3.8) is 0 Å². The molecule has 4 nitrogen and oxygen atoms in total. The summed E-state index contributed by atoms with van der Waals surface area (Å²) in [6.07, 6.45) is 0. The van der Waals surface area contributed by atoms with Gasteiger partial charge < -0.3 is 19.5 Å². The van der Waals surface area contributed by atoms with Crippen LogP contribution in [0.1, 0.15) is 12.5 Å². The Kier molecular flexibility index (Phi) is 3.15. The van der Waals surface area contributed by atoms with Gasteiger partial charge in [0.2, 0.25) is 5.75 Å². The van der Waals surface area contributed by atoms with Crippen molar-refractivity contribution in [2.24, 2.45) is 0 Å². The Balaban J connectivity index is 2.48. The molecule has 0 saturated carbocycles. The molecule has 1 saturated heterocycles. The van der Waals surface area contributed by atoms with Crippen LogP contribution in [0.15, 0.2) is 12.1 Å². The van der Waals surface area contributed by atoms with E-state index in [1.165, 1.54) is 5.56 Å². The normalized spacial score (nSPS) is 17.2. The average Bonchev–Trinajstić information content (AvgIpc) is 2.33. The average molecular weight is 237 g/mol. The van der Waals surface area contributed by atoms with Gasteiger partial charge in [0.25, 0.3) is 0 Å². The molecule has 94 valence electrons. The Morgan fingerprint density at radius 1 is 1.00 bits per heavy atom. The van der Waals surface area contributed by atoms with Crippen LogP contribution in [-0.4, -0.2) is 34.4 Å². The smallest absolute Gasteiger partial charge is 0.203 e. The second-order valence-corrected chi connectivity index (χ2v) is 4.58. The molecule has 4 heteroatoms. The molecule has 17 heavy (non-hydrogen) atoms. The molecule has 0 aromatic heterocycles. The van der Waals surface area contributed by atoms with Crippen LogP contribution in [-0.2, 0) is 5.41 Å². The van der Waals surface area contributed by atoms with Crippen LogP contribution < -0.4 is 19.5 Å². The van der Waals surface area contributed by atoms with Crippen molar-refractivity contribution in [2.75, 3.05) is 34.4 Å². The van der Waals surface area contributed by atoms with E-state index in [0.29, 0.717) is 5.75 Å². The van der Waals surface area contributed by atoms with Crippen LogP contribution in [0.5, 0.6) is 17.2 Å². The molecule has 1 aromatic rings. The van der Waals surface area contributed by atoms with E-state index >= 15 is 0 Å². The van der Waals surface area contributed by atoms with Crippen LogP contribution in [0.25, 0.3) is 0 Å². The lowest BCUT2D eigenvalue weighted by Gasteiger charge is -2.40. The summed E-state index contributed by atoms with van der Waals surface area (Å²) >= 11 is 0. The van der Waals surface area contributed by atoms with Gasteiger partial charge in [0.05, 0.1) is 21.3 Å². The standard InChI is InChI=1S/C13H19NO3/c1-13(7-14-8-13)9-5-10(15-2)12(17-4)11(6-9)16-3/h5-6,14H,7-8H2,1-4H3. The summed E-state index contributed by atoms with van der Waals surface area (Å²) in [6.45, 7) is 4.18. The highest BCUT2D eigenvalue weighted by molar-refractivity contribution is 5.55. The van der Waals surface area contributed by atoms with Crippen molar-refractivity contribution in [3.8, 4) is 17.2 Å². The van der Waals surface area contributed by atoms with E-state index in [-0.39, 0.29) is 5.41 Å². The fourth-order valence-electron chi connectivity index (χ4n) is 2.13. The van der Waals surface area contributed by atoms with Gasteiger partial charge in [-0.15, -0.1) is 0 Å². The van der Waals surface area contributed by atoms with E-state index in [9.17, 15) is 0 Å². The highest BCUT2D eigenvalue weighted by Crippen LogP contribution is 2.42. The van der Waals surface area contributed by atoms with Crippen LogP contribution in [0.3, 0.4) is 0 Å². The first kappa shape index (κ1) is 12.0. The molecule has 0 aliphatic carbocycles. The quantitative estimate of drug-likeness (QED) is 0.863. The molecule has 2 rings (SSSR count). The number of hydrogen-bond donors (Lipinski definition) is 1. The number of nitrogens with one attached hydrogen (secondary N) is 1. The fraction of sp³-hybridized carbons (Fsp3) is 0.538. The fourth-order valence-corrected chi connectivity index (χ4v) is 2.13. The van der Waals surface area contributed by atoms with Gasteiger partial charge in [-0.05, 0) is 17.7 Å². The summed E-state index contributed by atoms with van der Waals surface area (Å²) in [5.74, 6) is 2.08. The highest BCUT2D eigenvalue weighted by Gasteiger charge is 2.35. The number of benzene rings is 1. The van der Waals surface area contributed by atoms with E-state index < -0.39 is 0 Å². The first-order valence-corrected chi connectivity index (χ1v) is 5.66. The number of ether oxygens (including phenoxy) is 3. The molecule has 0 spiro atoms. The summed E-state index contributed by atoms with van der Waals surface area (Å²) in [7, 11) is 4.90. The molecule has 0 amide bonds. The first-order valence-electron chi connectivity index (χ1n) is 5.66. The molecule has 0 unspecified atom stereocenters. The lowest BCUT2D eigenvalue weighted by atomic mass is 9.77. The monoisotopic (exact) mass is 237 g/mol. The van der Waals surface area contributed by atoms with Crippen LogP contribution in [0.2, 0.25) is 0 Å². The molecule has 1 aliphatic rings. The maximum absolute atomic E-state index is 5.36. The topological polar surface area (TPSA) is 39.7 Å². The lowest BCUT2D eigenvalue weighted by molar-refractivity contribution is 0.295. The van der Waals surface area contributed by atoms with Gasteiger partial charge in [-0.25, -0.2) is 0 Å². The van der Waals surface area contributed by atoms with Gasteiger partial charge in [-0.2, -0.15) is 0 Å². The zero-order chi connectivity index (χ0) is 12.5. The maximum Gasteiger partial charge on any atom is 0.203 e. The van der Waals surface area contributed by atoms with Crippen molar-refractivity contribution in [1.29, 1.82) is 0 Å². The zero-order valence-corrected chi connectivity index (χ0v) is 10.8. The molecule has 1 aliphatic heterocycles. The third-order valence-electron chi connectivity index (χ3n) is 3.39. The van der Waals surface area contributed by atoms with Crippen molar-refractivity contribution >= 4 is 0 Å². The van der Waals surface area contributed by atoms with E-state index in [0.717, 1.165) is 24.6 Å². The van der Waals surface area contributed by atoms with E-state index in [2.05, 4.69) is 12.2 Å². The van der Waals surface area contributed by atoms with Crippen molar-refractivity contribution < 1.29 is 14.2 Å². The van der Waals surface area contributed by atoms with Gasteiger partial charge >= 0.3 is 0 Å². The summed E-state index contributed by atoms with van der Waals surface area (Å²) in [5, 5.41) is 3.29. The Morgan fingerprint density at radius 3 is 1.82 bits per heavy atom. The number of hydrogen-bond acceptors (Lipinski definition) is 4. The molecule has 0 radical (unpaired) electrons. The van der Waals surface area contributed by atoms with Gasteiger partial charge in [-0.3, -0.25) is 0 Å². The van der Waals surface area contributed by atoms with Crippen molar-refractivity contribution in [3.05, 3.63) is 17.7 Å². The summed E-state index contributed by atoms with van der Waals surface area (Å²) in [5.41, 5.74) is 1.37. The van der Waals surface area contributed by atoms with Gasteiger partial charge in [-0.1, -0.05) is 6.92 Å². The van der Waals surface area contributed by atoms with E-state index in [1.54, 1.807) is 21.3 Å². The molecule has 0 bridgehead atoms. The third kappa shape index (κ3) is 1.93. The van der Waals surface area contributed by atoms with Crippen LogP contribution in [0, 0.1) is 0 Å². The Bertz CT molecular complexity index is 388. The zero-order valence-electron chi connectivity index (χ0n) is 10.8. The maximum atomic E-state index is 5.36. The second-order valence-electron chi connectivity index (χ2n) is 4.58. The SMILES string of the molecule is COc1cc(C2(C)CNC2)cc(OC)c1OC. The number of methoxy groups -OCH3 is 3. The van der Waals surface area contributed by atoms with Crippen molar-refractivity contribution in [1.82, 2.24) is 5.32 Å². The molecule has 0 atom stereocenters. The third-order valence-corrected chi connectivity index (χ3v) is 3.39. The molecule has 1 fully saturated rings. The van der Waals surface area contributed by atoms with Gasteiger partial charge in [0, 0.05) is 18.5 Å². The lowest BCUT2D eigenvalue weighted by Crippen LogP contribution is -2.54. The minimum atomic E-state index is 0.160. The molecule has 1 heterocycles.